The predicted molar refractivity (Wildman–Crippen MR) is 107 cm³/mol. The highest BCUT2D eigenvalue weighted by atomic mass is 16.6. The lowest BCUT2D eigenvalue weighted by Crippen LogP contribution is -2.46. The Bertz CT molecular complexity index is 810. The molecule has 2 aliphatic rings. The zero-order valence-corrected chi connectivity index (χ0v) is 16.8. The Kier molecular flexibility index (Phi) is 5.72. The fraction of sp³-hybridized carbons (Fsp3) is 0.476. The minimum Gasteiger partial charge on any atom is -0.485 e. The van der Waals surface area contributed by atoms with Gasteiger partial charge in [-0.05, 0) is 52.7 Å². The Morgan fingerprint density at radius 2 is 2.07 bits per heavy atom. The van der Waals surface area contributed by atoms with Gasteiger partial charge >= 0.3 is 6.09 Å². The largest absolute Gasteiger partial charge is 0.485 e. The number of carbonyl (C=O) groups excluding carboxylic acids is 2. The van der Waals surface area contributed by atoms with Gasteiger partial charge in [-0.25, -0.2) is 10.2 Å². The molecule has 150 valence electrons. The number of hydrogen-bond donors (Lipinski definition) is 1. The first-order valence-corrected chi connectivity index (χ1v) is 9.54. The van der Waals surface area contributed by atoms with E-state index in [-0.39, 0.29) is 12.0 Å². The van der Waals surface area contributed by atoms with Crippen molar-refractivity contribution >= 4 is 24.3 Å². The molecule has 3 rings (SSSR count). The van der Waals surface area contributed by atoms with Crippen LogP contribution in [0.15, 0.2) is 34.9 Å². The van der Waals surface area contributed by atoms with Gasteiger partial charge in [0.2, 0.25) is 0 Å². The lowest BCUT2D eigenvalue weighted by atomic mass is 10.0. The fourth-order valence-corrected chi connectivity index (χ4v) is 3.23. The van der Waals surface area contributed by atoms with Crippen LogP contribution in [0.4, 0.5) is 4.79 Å². The van der Waals surface area contributed by atoms with Crippen LogP contribution in [-0.4, -0.2) is 47.4 Å². The lowest BCUT2D eigenvalue weighted by molar-refractivity contribution is -0.125. The van der Waals surface area contributed by atoms with Gasteiger partial charge in [-0.2, -0.15) is 5.10 Å². The highest BCUT2D eigenvalue weighted by Crippen LogP contribution is 2.28. The fourth-order valence-electron chi connectivity index (χ4n) is 3.23. The maximum atomic E-state index is 12.5. The van der Waals surface area contributed by atoms with Gasteiger partial charge in [-0.1, -0.05) is 18.2 Å². The summed E-state index contributed by atoms with van der Waals surface area (Å²) in [6.45, 7) is 7.85. The summed E-state index contributed by atoms with van der Waals surface area (Å²) in [4.78, 5) is 26.3. The van der Waals surface area contributed by atoms with Crippen LogP contribution in [0.5, 0.6) is 5.75 Å². The first kappa shape index (κ1) is 19.9. The van der Waals surface area contributed by atoms with E-state index in [0.29, 0.717) is 13.0 Å². The zero-order valence-electron chi connectivity index (χ0n) is 16.8. The number of hydrazone groups is 1. The molecule has 0 aromatic heterocycles. The number of amides is 2. The number of rotatable bonds is 3. The lowest BCUT2D eigenvalue weighted by Gasteiger charge is -2.27. The smallest absolute Gasteiger partial charge is 0.410 e. The number of nitrogens with one attached hydrogen (secondary N) is 1. The first-order chi connectivity index (χ1) is 13.2. The van der Waals surface area contributed by atoms with Gasteiger partial charge in [0.05, 0.1) is 6.21 Å². The molecule has 1 fully saturated rings. The molecule has 28 heavy (non-hydrogen) atoms. The zero-order chi connectivity index (χ0) is 20.3. The summed E-state index contributed by atoms with van der Waals surface area (Å²) in [5.74, 6) is 0.514. The third-order valence-corrected chi connectivity index (χ3v) is 4.59. The van der Waals surface area contributed by atoms with Crippen molar-refractivity contribution in [3.05, 3.63) is 35.4 Å². The van der Waals surface area contributed by atoms with Crippen molar-refractivity contribution in [2.45, 2.75) is 58.3 Å². The number of para-hydroxylation sites is 1. The van der Waals surface area contributed by atoms with Crippen LogP contribution in [-0.2, 0) is 9.53 Å². The molecule has 2 heterocycles. The number of nitrogens with zero attached hydrogens (tertiary/aromatic N) is 2. The third kappa shape index (κ3) is 4.71. The summed E-state index contributed by atoms with van der Waals surface area (Å²) in [5.41, 5.74) is 3.78. The van der Waals surface area contributed by atoms with Crippen molar-refractivity contribution < 1.29 is 19.1 Å². The van der Waals surface area contributed by atoms with Gasteiger partial charge in [0.25, 0.3) is 5.91 Å². The summed E-state index contributed by atoms with van der Waals surface area (Å²) in [5, 5.41) is 4.08. The summed E-state index contributed by atoms with van der Waals surface area (Å²) in [7, 11) is 0. The second-order valence-electron chi connectivity index (χ2n) is 8.01. The molecule has 7 nitrogen and oxygen atoms in total. The van der Waals surface area contributed by atoms with E-state index in [4.69, 9.17) is 9.47 Å². The highest BCUT2D eigenvalue weighted by molar-refractivity contribution is 5.91. The van der Waals surface area contributed by atoms with Gasteiger partial charge < -0.3 is 9.47 Å². The van der Waals surface area contributed by atoms with Gasteiger partial charge in [-0.15, -0.1) is 0 Å². The second kappa shape index (κ2) is 8.04. The van der Waals surface area contributed by atoms with Crippen molar-refractivity contribution in [3.8, 4) is 5.75 Å². The average Bonchev–Trinajstić information content (AvgIpc) is 3.10. The number of ether oxygens (including phenoxy) is 2. The van der Waals surface area contributed by atoms with E-state index >= 15 is 0 Å². The number of hydrogen-bond acceptors (Lipinski definition) is 5. The minimum atomic E-state index is -0.598. The molecule has 1 aromatic carbocycles. The molecule has 0 radical (unpaired) electrons. The summed E-state index contributed by atoms with van der Waals surface area (Å²) >= 11 is 0. The van der Waals surface area contributed by atoms with E-state index in [0.717, 1.165) is 23.3 Å². The SMILES string of the molecule is C[C@H]1Oc2ccccc2C=C1/C=N\NC(=O)[C@@H]1CCCN1C(=O)OC(C)(C)C. The quantitative estimate of drug-likeness (QED) is 0.639. The number of likely N-dealkylation sites (tertiary alicyclic amines) is 1. The Labute approximate surface area is 165 Å². The van der Waals surface area contributed by atoms with Gasteiger partial charge in [0, 0.05) is 17.7 Å². The van der Waals surface area contributed by atoms with Crippen molar-refractivity contribution in [3.63, 3.8) is 0 Å². The molecule has 0 spiro atoms. The molecule has 0 aliphatic carbocycles. The highest BCUT2D eigenvalue weighted by Gasteiger charge is 2.36. The minimum absolute atomic E-state index is 0.166. The van der Waals surface area contributed by atoms with Gasteiger partial charge in [-0.3, -0.25) is 9.69 Å². The molecule has 0 saturated carbocycles. The Morgan fingerprint density at radius 3 is 2.82 bits per heavy atom. The normalized spacial score (nSPS) is 21.7. The Hall–Kier alpha value is -2.83. The van der Waals surface area contributed by atoms with Crippen LogP contribution in [0.3, 0.4) is 0 Å². The average molecular weight is 385 g/mol. The van der Waals surface area contributed by atoms with Crippen molar-refractivity contribution in [1.29, 1.82) is 0 Å². The molecule has 1 N–H and O–H groups in total. The topological polar surface area (TPSA) is 80.2 Å². The van der Waals surface area contributed by atoms with E-state index < -0.39 is 17.7 Å². The molecule has 1 aromatic rings. The van der Waals surface area contributed by atoms with Crippen LogP contribution in [0.1, 0.15) is 46.1 Å². The molecule has 2 aliphatic heterocycles. The molecule has 7 heteroatoms. The summed E-state index contributed by atoms with van der Waals surface area (Å²) < 4.78 is 11.2. The standard InChI is InChI=1S/C21H27N3O4/c1-14-16(12-15-8-5-6-10-18(15)27-14)13-22-23-19(25)17-9-7-11-24(17)20(26)28-21(2,3)4/h5-6,8,10,12-14,17H,7,9,11H2,1-4H3,(H,23,25)/b22-13-/t14-,17+/m1/s1. The van der Waals surface area contributed by atoms with Gasteiger partial charge in [0.15, 0.2) is 0 Å². The maximum absolute atomic E-state index is 12.5. The molecule has 0 unspecified atom stereocenters. The summed E-state index contributed by atoms with van der Waals surface area (Å²) in [6, 6.07) is 7.18. The maximum Gasteiger partial charge on any atom is 0.410 e. The number of benzene rings is 1. The van der Waals surface area contributed by atoms with Crippen molar-refractivity contribution in [2.24, 2.45) is 5.10 Å². The van der Waals surface area contributed by atoms with Crippen molar-refractivity contribution in [2.75, 3.05) is 6.54 Å². The summed E-state index contributed by atoms with van der Waals surface area (Å²) in [6.07, 6.45) is 4.29. The van der Waals surface area contributed by atoms with Gasteiger partial charge in [0.1, 0.15) is 23.5 Å². The van der Waals surface area contributed by atoms with Crippen LogP contribution in [0, 0.1) is 0 Å². The Balaban J connectivity index is 1.62. The molecule has 1 saturated heterocycles. The van der Waals surface area contributed by atoms with E-state index in [1.54, 1.807) is 27.0 Å². The van der Waals surface area contributed by atoms with Crippen molar-refractivity contribution in [1.82, 2.24) is 10.3 Å². The molecule has 0 bridgehead atoms. The first-order valence-electron chi connectivity index (χ1n) is 9.54. The van der Waals surface area contributed by atoms with Crippen LogP contribution < -0.4 is 10.2 Å². The Morgan fingerprint density at radius 1 is 1.32 bits per heavy atom. The number of carbonyl (C=O) groups is 2. The van der Waals surface area contributed by atoms with E-state index in [1.807, 2.05) is 37.3 Å². The number of fused-ring (bicyclic) bond motifs is 1. The van der Waals surface area contributed by atoms with E-state index in [1.165, 1.54) is 4.90 Å². The van der Waals surface area contributed by atoms with Crippen LogP contribution in [0.2, 0.25) is 0 Å². The van der Waals surface area contributed by atoms with Crippen LogP contribution in [0.25, 0.3) is 6.08 Å². The van der Waals surface area contributed by atoms with Crippen LogP contribution >= 0.6 is 0 Å². The van der Waals surface area contributed by atoms with E-state index in [9.17, 15) is 9.59 Å². The predicted octanol–water partition coefficient (Wildman–Crippen LogP) is 3.35. The molecule has 2 amide bonds. The monoisotopic (exact) mass is 385 g/mol. The molecular formula is C21H27N3O4. The molecule has 2 atom stereocenters. The molecular weight excluding hydrogens is 358 g/mol. The van der Waals surface area contributed by atoms with E-state index in [2.05, 4.69) is 10.5 Å². The second-order valence-corrected chi connectivity index (χ2v) is 8.01. The third-order valence-electron chi connectivity index (χ3n) is 4.59.